The molecule has 0 radical (unpaired) electrons. The summed E-state index contributed by atoms with van der Waals surface area (Å²) in [6.45, 7) is 5.36. The number of fused-ring (bicyclic) bond motifs is 1. The Bertz CT molecular complexity index is 659. The van der Waals surface area contributed by atoms with Crippen LogP contribution in [0.15, 0.2) is 18.5 Å². The zero-order valence-corrected chi connectivity index (χ0v) is 15.7. The van der Waals surface area contributed by atoms with Gasteiger partial charge in [-0.3, -0.25) is 0 Å². The Balaban J connectivity index is 0.00000242. The Hall–Kier alpha value is -0.780. The van der Waals surface area contributed by atoms with Gasteiger partial charge in [-0.1, -0.05) is 36.5 Å². The molecular formula is C15H19BrCl2N2O2. The SMILES string of the molecule is CCCCn1c[n+](CC(=O)OCC)c2cc(Cl)c(Cl)cc21.[Br-]. The molecule has 0 saturated heterocycles. The maximum Gasteiger partial charge on any atom is 0.348 e. The highest BCUT2D eigenvalue weighted by Gasteiger charge is 2.20. The van der Waals surface area contributed by atoms with Crippen molar-refractivity contribution in [2.24, 2.45) is 0 Å². The molecule has 2 rings (SSSR count). The van der Waals surface area contributed by atoms with E-state index in [0.717, 1.165) is 30.4 Å². The molecule has 0 amide bonds. The Morgan fingerprint density at radius 2 is 1.95 bits per heavy atom. The minimum absolute atomic E-state index is 0. The van der Waals surface area contributed by atoms with Gasteiger partial charge in [-0.05, 0) is 13.3 Å². The molecule has 0 atom stereocenters. The van der Waals surface area contributed by atoms with Crippen LogP contribution < -0.4 is 21.5 Å². The van der Waals surface area contributed by atoms with Crippen LogP contribution in [0.1, 0.15) is 26.7 Å². The number of aryl methyl sites for hydroxylation is 1. The van der Waals surface area contributed by atoms with Gasteiger partial charge in [0, 0.05) is 12.1 Å². The van der Waals surface area contributed by atoms with Gasteiger partial charge in [0.15, 0.2) is 17.6 Å². The van der Waals surface area contributed by atoms with E-state index in [-0.39, 0.29) is 29.5 Å². The first-order valence-electron chi connectivity index (χ1n) is 7.09. The first-order chi connectivity index (χ1) is 10.1. The van der Waals surface area contributed by atoms with Gasteiger partial charge in [-0.25, -0.2) is 13.9 Å². The van der Waals surface area contributed by atoms with Crippen molar-refractivity contribution in [1.29, 1.82) is 0 Å². The van der Waals surface area contributed by atoms with Gasteiger partial charge < -0.3 is 21.7 Å². The number of aromatic nitrogens is 2. The number of rotatable bonds is 6. The van der Waals surface area contributed by atoms with Crippen LogP contribution in [-0.2, 0) is 22.6 Å². The van der Waals surface area contributed by atoms with Crippen LogP contribution in [0.4, 0.5) is 0 Å². The maximum atomic E-state index is 11.7. The maximum absolute atomic E-state index is 11.7. The quantitative estimate of drug-likeness (QED) is 0.517. The Morgan fingerprint density at radius 1 is 1.27 bits per heavy atom. The van der Waals surface area contributed by atoms with Gasteiger partial charge in [0.2, 0.25) is 6.33 Å². The molecule has 122 valence electrons. The van der Waals surface area contributed by atoms with E-state index >= 15 is 0 Å². The first-order valence-corrected chi connectivity index (χ1v) is 7.85. The lowest BCUT2D eigenvalue weighted by atomic mass is 10.3. The number of imidazole rings is 1. The second-order valence-corrected chi connectivity index (χ2v) is 5.66. The van der Waals surface area contributed by atoms with E-state index in [4.69, 9.17) is 27.9 Å². The van der Waals surface area contributed by atoms with Crippen LogP contribution in [0.2, 0.25) is 10.0 Å². The molecule has 0 unspecified atom stereocenters. The standard InChI is InChI=1S/C15H19Cl2N2O2.BrH/c1-3-5-6-18-10-19(9-15(20)21-4-2)14-8-12(17)11(16)7-13(14)18;/h7-8,10H,3-6,9H2,1-2H3;1H/q+1;/p-1. The monoisotopic (exact) mass is 408 g/mol. The number of nitrogens with zero attached hydrogens (tertiary/aromatic N) is 2. The van der Waals surface area contributed by atoms with Gasteiger partial charge in [0.25, 0.3) is 0 Å². The summed E-state index contributed by atoms with van der Waals surface area (Å²) < 4.78 is 8.96. The number of esters is 1. The molecule has 2 aromatic rings. The summed E-state index contributed by atoms with van der Waals surface area (Å²) >= 11 is 12.2. The predicted octanol–water partition coefficient (Wildman–Crippen LogP) is 0.603. The molecule has 4 nitrogen and oxygen atoms in total. The van der Waals surface area contributed by atoms with Crippen LogP contribution >= 0.6 is 23.2 Å². The zero-order valence-electron chi connectivity index (χ0n) is 12.6. The van der Waals surface area contributed by atoms with E-state index in [1.165, 1.54) is 0 Å². The Labute approximate surface area is 150 Å². The third-order valence-corrected chi connectivity index (χ3v) is 3.99. The smallest absolute Gasteiger partial charge is 0.348 e. The van der Waals surface area contributed by atoms with Gasteiger partial charge >= 0.3 is 5.97 Å². The number of unbranched alkanes of at least 4 members (excludes halogenated alkanes) is 1. The van der Waals surface area contributed by atoms with E-state index in [9.17, 15) is 4.79 Å². The Kier molecular flexibility index (Phi) is 7.66. The summed E-state index contributed by atoms with van der Waals surface area (Å²) in [6.07, 6.45) is 4.08. The molecule has 1 heterocycles. The predicted molar refractivity (Wildman–Crippen MR) is 83.7 cm³/mol. The molecule has 0 aliphatic rings. The van der Waals surface area contributed by atoms with E-state index in [0.29, 0.717) is 16.7 Å². The molecule has 1 aromatic carbocycles. The summed E-state index contributed by atoms with van der Waals surface area (Å²) in [5.41, 5.74) is 1.86. The number of ether oxygens (including phenoxy) is 1. The van der Waals surface area contributed by atoms with Crippen LogP contribution in [-0.4, -0.2) is 17.1 Å². The molecule has 0 fully saturated rings. The van der Waals surface area contributed by atoms with Gasteiger partial charge in [0.05, 0.1) is 23.2 Å². The van der Waals surface area contributed by atoms with Crippen molar-refractivity contribution >= 4 is 40.2 Å². The van der Waals surface area contributed by atoms with E-state index in [1.807, 2.05) is 17.0 Å². The molecule has 7 heteroatoms. The highest BCUT2D eigenvalue weighted by atomic mass is 79.9. The summed E-state index contributed by atoms with van der Waals surface area (Å²) in [7, 11) is 0. The van der Waals surface area contributed by atoms with Crippen LogP contribution in [0.3, 0.4) is 0 Å². The molecule has 0 spiro atoms. The molecule has 0 bridgehead atoms. The number of carbonyl (C=O) groups is 1. The molecule has 0 saturated carbocycles. The third-order valence-electron chi connectivity index (χ3n) is 3.27. The fourth-order valence-electron chi connectivity index (χ4n) is 2.26. The van der Waals surface area contributed by atoms with Crippen molar-refractivity contribution in [3.8, 4) is 0 Å². The van der Waals surface area contributed by atoms with Crippen LogP contribution in [0, 0.1) is 0 Å². The van der Waals surface area contributed by atoms with Gasteiger partial charge in [-0.2, -0.15) is 0 Å². The van der Waals surface area contributed by atoms with Crippen molar-refractivity contribution in [3.05, 3.63) is 28.5 Å². The first kappa shape index (κ1) is 19.3. The topological polar surface area (TPSA) is 35.1 Å². The number of hydrogen-bond donors (Lipinski definition) is 0. The number of hydrogen-bond acceptors (Lipinski definition) is 2. The zero-order chi connectivity index (χ0) is 15.4. The van der Waals surface area contributed by atoms with Crippen molar-refractivity contribution in [2.45, 2.75) is 39.8 Å². The molecule has 0 aliphatic carbocycles. The minimum Gasteiger partial charge on any atom is -1.00 e. The highest BCUT2D eigenvalue weighted by Crippen LogP contribution is 2.26. The number of benzene rings is 1. The molecule has 0 aliphatic heterocycles. The summed E-state index contributed by atoms with van der Waals surface area (Å²) in [4.78, 5) is 11.7. The second-order valence-electron chi connectivity index (χ2n) is 4.85. The molecule has 1 aromatic heterocycles. The van der Waals surface area contributed by atoms with E-state index < -0.39 is 0 Å². The van der Waals surface area contributed by atoms with Crippen molar-refractivity contribution in [3.63, 3.8) is 0 Å². The van der Waals surface area contributed by atoms with Crippen molar-refractivity contribution < 1.29 is 31.1 Å². The molecular weight excluding hydrogens is 391 g/mol. The lowest BCUT2D eigenvalue weighted by Crippen LogP contribution is -3.00. The highest BCUT2D eigenvalue weighted by molar-refractivity contribution is 6.42. The average Bonchev–Trinajstić information content (AvgIpc) is 2.75. The summed E-state index contributed by atoms with van der Waals surface area (Å²) in [6, 6.07) is 3.64. The Morgan fingerprint density at radius 3 is 2.59 bits per heavy atom. The number of carbonyl (C=O) groups excluding carboxylic acids is 1. The van der Waals surface area contributed by atoms with E-state index in [1.54, 1.807) is 13.0 Å². The van der Waals surface area contributed by atoms with Gasteiger partial charge in [-0.15, -0.1) is 0 Å². The number of halogens is 3. The van der Waals surface area contributed by atoms with Crippen molar-refractivity contribution in [2.75, 3.05) is 6.61 Å². The van der Waals surface area contributed by atoms with Gasteiger partial charge in [0.1, 0.15) is 0 Å². The largest absolute Gasteiger partial charge is 1.00 e. The normalized spacial score (nSPS) is 10.5. The summed E-state index contributed by atoms with van der Waals surface area (Å²) in [5, 5.41) is 0.998. The van der Waals surface area contributed by atoms with Crippen molar-refractivity contribution in [1.82, 2.24) is 4.57 Å². The molecule has 22 heavy (non-hydrogen) atoms. The van der Waals surface area contributed by atoms with Crippen LogP contribution in [0.5, 0.6) is 0 Å². The summed E-state index contributed by atoms with van der Waals surface area (Å²) in [5.74, 6) is -0.261. The lowest BCUT2D eigenvalue weighted by molar-refractivity contribution is -0.661. The van der Waals surface area contributed by atoms with E-state index in [2.05, 4.69) is 11.5 Å². The third kappa shape index (κ3) is 4.37. The fourth-order valence-corrected chi connectivity index (χ4v) is 2.57. The minimum atomic E-state index is -0.261. The fraction of sp³-hybridized carbons (Fsp3) is 0.467. The molecule has 0 N–H and O–H groups in total. The lowest BCUT2D eigenvalue weighted by Gasteiger charge is -1.99. The second kappa shape index (κ2) is 8.75. The van der Waals surface area contributed by atoms with Crippen LogP contribution in [0.25, 0.3) is 11.0 Å². The average molecular weight is 410 g/mol.